The van der Waals surface area contributed by atoms with Gasteiger partial charge in [-0.2, -0.15) is 0 Å². The molecule has 0 rings (SSSR count). The molecule has 0 fully saturated rings. The molecule has 0 bridgehead atoms. The second kappa shape index (κ2) is 4.25. The summed E-state index contributed by atoms with van der Waals surface area (Å²) < 4.78 is 6.00. The lowest BCUT2D eigenvalue weighted by Gasteiger charge is -2.38. The van der Waals surface area contributed by atoms with Crippen LogP contribution < -0.4 is 0 Å². The topological polar surface area (TPSA) is 9.23 Å². The van der Waals surface area contributed by atoms with E-state index in [0.29, 0.717) is 0 Å². The number of hydrogen-bond acceptors (Lipinski definition) is 1. The first-order chi connectivity index (χ1) is 5.79. The van der Waals surface area contributed by atoms with Crippen molar-refractivity contribution in [2.75, 3.05) is 0 Å². The monoisotopic (exact) mass is 198 g/mol. The summed E-state index contributed by atoms with van der Waals surface area (Å²) in [6.07, 6.45) is 0.238. The van der Waals surface area contributed by atoms with Gasteiger partial charge in [0.05, 0.1) is 0 Å². The molecule has 0 saturated heterocycles. The fraction of sp³-hybridized carbons (Fsp3) is 0.636. The van der Waals surface area contributed by atoms with Crippen molar-refractivity contribution in [2.45, 2.75) is 45.8 Å². The molecule has 0 aromatic carbocycles. The highest BCUT2D eigenvalue weighted by Crippen LogP contribution is 2.38. The average Bonchev–Trinajstić information content (AvgIpc) is 1.97. The Hall–Kier alpha value is -0.343. The van der Waals surface area contributed by atoms with Crippen LogP contribution in [0.5, 0.6) is 0 Å². The summed E-state index contributed by atoms with van der Waals surface area (Å²) in [5, 5.41) is 0.126. The van der Waals surface area contributed by atoms with Crippen LogP contribution in [-0.4, -0.2) is 14.4 Å². The van der Waals surface area contributed by atoms with Crippen LogP contribution in [0.3, 0.4) is 0 Å². The van der Waals surface area contributed by atoms with Crippen LogP contribution in [0.25, 0.3) is 0 Å². The lowest BCUT2D eigenvalue weighted by Crippen LogP contribution is -2.45. The molecule has 0 aliphatic rings. The van der Waals surface area contributed by atoms with Gasteiger partial charge in [0.15, 0.2) is 0 Å². The van der Waals surface area contributed by atoms with Crippen molar-refractivity contribution in [3.63, 3.8) is 0 Å². The van der Waals surface area contributed by atoms with Gasteiger partial charge in [0.2, 0.25) is 8.32 Å². The van der Waals surface area contributed by atoms with Crippen molar-refractivity contribution in [2.24, 2.45) is 0 Å². The predicted molar refractivity (Wildman–Crippen MR) is 62.1 cm³/mol. The first kappa shape index (κ1) is 12.7. The Kier molecular flexibility index (Phi) is 4.13. The SMILES string of the molecule is C=C[Si](C=C)(OC(C)C)C(C)(C)C. The maximum Gasteiger partial charge on any atom is 0.246 e. The molecule has 0 aliphatic heterocycles. The van der Waals surface area contributed by atoms with Crippen molar-refractivity contribution in [1.29, 1.82) is 0 Å². The molecule has 0 spiro atoms. The van der Waals surface area contributed by atoms with Gasteiger partial charge in [-0.25, -0.2) is 0 Å². The van der Waals surface area contributed by atoms with E-state index in [1.807, 2.05) is 11.4 Å². The Labute approximate surface area is 83.6 Å². The van der Waals surface area contributed by atoms with E-state index in [1.165, 1.54) is 0 Å². The third-order valence-electron chi connectivity index (χ3n) is 2.21. The van der Waals surface area contributed by atoms with Gasteiger partial charge in [0.1, 0.15) is 0 Å². The Balaban J connectivity index is 4.92. The molecule has 0 heterocycles. The van der Waals surface area contributed by atoms with Crippen molar-refractivity contribution in [3.8, 4) is 0 Å². The highest BCUT2D eigenvalue weighted by Gasteiger charge is 2.42. The zero-order chi connectivity index (χ0) is 10.7. The molecule has 0 radical (unpaired) electrons. The molecular weight excluding hydrogens is 176 g/mol. The first-order valence-electron chi connectivity index (χ1n) is 4.74. The summed E-state index contributed by atoms with van der Waals surface area (Å²) in [6.45, 7) is 18.4. The van der Waals surface area contributed by atoms with Crippen LogP contribution in [0.4, 0.5) is 0 Å². The molecule has 0 saturated carbocycles. The summed E-state index contributed by atoms with van der Waals surface area (Å²) >= 11 is 0. The van der Waals surface area contributed by atoms with Crippen LogP contribution in [0.2, 0.25) is 5.04 Å². The molecule has 0 aromatic heterocycles. The van der Waals surface area contributed by atoms with Crippen LogP contribution in [-0.2, 0) is 4.43 Å². The molecule has 0 aromatic rings. The molecule has 0 aliphatic carbocycles. The van der Waals surface area contributed by atoms with Gasteiger partial charge < -0.3 is 4.43 Å². The summed E-state index contributed by atoms with van der Waals surface area (Å²) in [4.78, 5) is 0. The van der Waals surface area contributed by atoms with E-state index < -0.39 is 8.32 Å². The Morgan fingerprint density at radius 1 is 1.15 bits per heavy atom. The minimum atomic E-state index is -1.98. The smallest absolute Gasteiger partial charge is 0.246 e. The first-order valence-corrected chi connectivity index (χ1v) is 6.80. The van der Waals surface area contributed by atoms with Crippen molar-refractivity contribution in [3.05, 3.63) is 24.6 Å². The molecular formula is C11H22OSi. The fourth-order valence-electron chi connectivity index (χ4n) is 1.36. The van der Waals surface area contributed by atoms with Crippen molar-refractivity contribution < 1.29 is 4.43 Å². The molecule has 2 heteroatoms. The third-order valence-corrected chi connectivity index (χ3v) is 6.63. The van der Waals surface area contributed by atoms with E-state index in [1.54, 1.807) is 0 Å². The molecule has 76 valence electrons. The minimum Gasteiger partial charge on any atom is -0.406 e. The van der Waals surface area contributed by atoms with Gasteiger partial charge in [-0.15, -0.1) is 13.2 Å². The standard InChI is InChI=1S/C11H22OSi/c1-8-13(9-2,11(5,6)7)12-10(3)4/h8-10H,1-2H2,3-7H3. The normalized spacial score (nSPS) is 13.1. The van der Waals surface area contributed by atoms with Gasteiger partial charge in [0, 0.05) is 6.10 Å². The maximum atomic E-state index is 6.00. The third kappa shape index (κ3) is 2.81. The Morgan fingerprint density at radius 2 is 1.54 bits per heavy atom. The number of rotatable bonds is 4. The fourth-order valence-corrected chi connectivity index (χ4v) is 4.08. The van der Waals surface area contributed by atoms with Crippen LogP contribution in [0.1, 0.15) is 34.6 Å². The minimum absolute atomic E-state index is 0.126. The average molecular weight is 198 g/mol. The lowest BCUT2D eigenvalue weighted by molar-refractivity contribution is 0.224. The van der Waals surface area contributed by atoms with E-state index >= 15 is 0 Å². The van der Waals surface area contributed by atoms with E-state index in [2.05, 4.69) is 47.8 Å². The maximum absolute atomic E-state index is 6.00. The Morgan fingerprint density at radius 3 is 1.62 bits per heavy atom. The summed E-state index contributed by atoms with van der Waals surface area (Å²) in [5.41, 5.74) is 3.94. The molecule has 1 nitrogen and oxygen atoms in total. The summed E-state index contributed by atoms with van der Waals surface area (Å²) in [7, 11) is -1.98. The highest BCUT2D eigenvalue weighted by atomic mass is 28.4. The number of hydrogen-bond donors (Lipinski definition) is 0. The quantitative estimate of drug-likeness (QED) is 0.627. The van der Waals surface area contributed by atoms with E-state index in [4.69, 9.17) is 4.43 Å². The molecule has 13 heavy (non-hydrogen) atoms. The van der Waals surface area contributed by atoms with Gasteiger partial charge in [-0.1, -0.05) is 32.2 Å². The van der Waals surface area contributed by atoms with Crippen LogP contribution in [0.15, 0.2) is 24.6 Å². The zero-order valence-corrected chi connectivity index (χ0v) is 10.6. The predicted octanol–water partition coefficient (Wildman–Crippen LogP) is 3.61. The van der Waals surface area contributed by atoms with Crippen molar-refractivity contribution in [1.82, 2.24) is 0 Å². The van der Waals surface area contributed by atoms with E-state index in [-0.39, 0.29) is 11.1 Å². The van der Waals surface area contributed by atoms with Crippen molar-refractivity contribution >= 4 is 8.32 Å². The second-order valence-corrected chi connectivity index (χ2v) is 8.76. The molecule has 0 N–H and O–H groups in total. The van der Waals surface area contributed by atoms with E-state index in [9.17, 15) is 0 Å². The van der Waals surface area contributed by atoms with Crippen LogP contribution in [0, 0.1) is 0 Å². The largest absolute Gasteiger partial charge is 0.406 e. The van der Waals surface area contributed by atoms with Crippen LogP contribution >= 0.6 is 0 Å². The molecule has 0 amide bonds. The van der Waals surface area contributed by atoms with Gasteiger partial charge >= 0.3 is 0 Å². The van der Waals surface area contributed by atoms with Gasteiger partial charge in [-0.3, -0.25) is 0 Å². The molecule has 0 unspecified atom stereocenters. The highest BCUT2D eigenvalue weighted by molar-refractivity contribution is 6.85. The summed E-state index contributed by atoms with van der Waals surface area (Å²) in [6, 6.07) is 0. The summed E-state index contributed by atoms with van der Waals surface area (Å²) in [5.74, 6) is 0. The Bertz CT molecular complexity index is 181. The molecule has 0 atom stereocenters. The van der Waals surface area contributed by atoms with Gasteiger partial charge in [-0.05, 0) is 18.9 Å². The van der Waals surface area contributed by atoms with Gasteiger partial charge in [0.25, 0.3) is 0 Å². The van der Waals surface area contributed by atoms with E-state index in [0.717, 1.165) is 0 Å². The lowest BCUT2D eigenvalue weighted by atomic mass is 10.2. The second-order valence-electron chi connectivity index (χ2n) is 4.62. The zero-order valence-electron chi connectivity index (χ0n) is 9.55.